The van der Waals surface area contributed by atoms with Gasteiger partial charge in [0.1, 0.15) is 5.69 Å². The van der Waals surface area contributed by atoms with Crippen molar-refractivity contribution in [2.75, 3.05) is 13.1 Å². The minimum atomic E-state index is 0.0173. The van der Waals surface area contributed by atoms with Gasteiger partial charge in [-0.15, -0.1) is 6.42 Å². The van der Waals surface area contributed by atoms with E-state index in [0.717, 1.165) is 19.4 Å². The monoisotopic (exact) mass is 276 g/mol. The summed E-state index contributed by atoms with van der Waals surface area (Å²) in [6.45, 7) is 1.15. The second-order valence-electron chi connectivity index (χ2n) is 5.52. The number of terminal acetylenes is 1. The molecular formula is C15H17ClN2O. The lowest BCUT2D eigenvalue weighted by atomic mass is 10.3. The number of amides is 1. The standard InChI is InChI=1S/C15H17ClN2O/c1-2-7-17(9-11-3-4-11)15(19)14-8-12(16)10-18(14)13-5-6-13/h1,8,10-11,13H,3-7,9H2. The number of hydrogen-bond donors (Lipinski definition) is 0. The number of hydrogen-bond acceptors (Lipinski definition) is 1. The minimum absolute atomic E-state index is 0.0173. The second-order valence-corrected chi connectivity index (χ2v) is 5.95. The van der Waals surface area contributed by atoms with Gasteiger partial charge in [0, 0.05) is 18.8 Å². The Bertz CT molecular complexity index is 535. The van der Waals surface area contributed by atoms with Crippen molar-refractivity contribution >= 4 is 17.5 Å². The van der Waals surface area contributed by atoms with Gasteiger partial charge < -0.3 is 9.47 Å². The van der Waals surface area contributed by atoms with Crippen molar-refractivity contribution in [3.63, 3.8) is 0 Å². The van der Waals surface area contributed by atoms with Crippen molar-refractivity contribution in [2.45, 2.75) is 31.7 Å². The predicted molar refractivity (Wildman–Crippen MR) is 75.2 cm³/mol. The third kappa shape index (κ3) is 2.79. The van der Waals surface area contributed by atoms with E-state index in [9.17, 15) is 4.79 Å². The fourth-order valence-corrected chi connectivity index (χ4v) is 2.58. The maximum atomic E-state index is 12.6. The highest BCUT2D eigenvalue weighted by atomic mass is 35.5. The van der Waals surface area contributed by atoms with Gasteiger partial charge in [-0.3, -0.25) is 4.79 Å². The molecule has 0 aromatic carbocycles. The van der Waals surface area contributed by atoms with Crippen LogP contribution < -0.4 is 0 Å². The molecule has 1 heterocycles. The average Bonchev–Trinajstić information content (AvgIpc) is 3.28. The lowest BCUT2D eigenvalue weighted by Gasteiger charge is -2.21. The van der Waals surface area contributed by atoms with E-state index in [2.05, 4.69) is 5.92 Å². The zero-order valence-corrected chi connectivity index (χ0v) is 11.6. The van der Waals surface area contributed by atoms with Crippen molar-refractivity contribution in [1.29, 1.82) is 0 Å². The van der Waals surface area contributed by atoms with E-state index >= 15 is 0 Å². The molecule has 3 nitrogen and oxygen atoms in total. The number of carbonyl (C=O) groups is 1. The van der Waals surface area contributed by atoms with Crippen LogP contribution in [0.5, 0.6) is 0 Å². The maximum absolute atomic E-state index is 12.6. The zero-order chi connectivity index (χ0) is 13.4. The molecule has 100 valence electrons. The quantitative estimate of drug-likeness (QED) is 0.759. The summed E-state index contributed by atoms with van der Waals surface area (Å²) in [6, 6.07) is 2.21. The van der Waals surface area contributed by atoms with Crippen molar-refractivity contribution < 1.29 is 4.79 Å². The molecule has 1 amide bonds. The summed E-state index contributed by atoms with van der Waals surface area (Å²) >= 11 is 6.05. The molecule has 2 aliphatic rings. The molecule has 0 unspecified atom stereocenters. The molecule has 2 aliphatic carbocycles. The molecular weight excluding hydrogens is 260 g/mol. The number of rotatable bonds is 5. The first kappa shape index (κ1) is 12.6. The van der Waals surface area contributed by atoms with Crippen molar-refractivity contribution in [2.24, 2.45) is 5.92 Å². The topological polar surface area (TPSA) is 25.2 Å². The highest BCUT2D eigenvalue weighted by Gasteiger charge is 2.31. The van der Waals surface area contributed by atoms with Crippen LogP contribution in [0.25, 0.3) is 0 Å². The third-order valence-corrected chi connectivity index (χ3v) is 3.93. The van der Waals surface area contributed by atoms with E-state index in [-0.39, 0.29) is 5.91 Å². The summed E-state index contributed by atoms with van der Waals surface area (Å²) in [5, 5.41) is 0.627. The third-order valence-electron chi connectivity index (χ3n) is 3.72. The van der Waals surface area contributed by atoms with Crippen molar-refractivity contribution in [1.82, 2.24) is 9.47 Å². The summed E-state index contributed by atoms with van der Waals surface area (Å²) in [5.41, 5.74) is 0.684. The normalized spacial score (nSPS) is 18.1. The molecule has 19 heavy (non-hydrogen) atoms. The van der Waals surface area contributed by atoms with Gasteiger partial charge in [-0.1, -0.05) is 17.5 Å². The van der Waals surface area contributed by atoms with E-state index < -0.39 is 0 Å². The molecule has 0 bridgehead atoms. The molecule has 3 rings (SSSR count). The van der Waals surface area contributed by atoms with Crippen LogP contribution in [0, 0.1) is 18.3 Å². The summed E-state index contributed by atoms with van der Waals surface area (Å²) in [6.07, 6.45) is 11.9. The Kier molecular flexibility index (Phi) is 3.28. The Morgan fingerprint density at radius 2 is 2.21 bits per heavy atom. The molecule has 1 aromatic heterocycles. The number of aromatic nitrogens is 1. The molecule has 0 aliphatic heterocycles. The largest absolute Gasteiger partial charge is 0.339 e. The fourth-order valence-electron chi connectivity index (χ4n) is 2.38. The van der Waals surface area contributed by atoms with Gasteiger partial charge in [-0.25, -0.2) is 0 Å². The highest BCUT2D eigenvalue weighted by Crippen LogP contribution is 2.38. The van der Waals surface area contributed by atoms with Crippen LogP contribution in [-0.4, -0.2) is 28.5 Å². The molecule has 2 fully saturated rings. The average molecular weight is 277 g/mol. The van der Waals surface area contributed by atoms with Crippen LogP contribution in [0.4, 0.5) is 0 Å². The molecule has 2 saturated carbocycles. The fraction of sp³-hybridized carbons (Fsp3) is 0.533. The Morgan fingerprint density at radius 1 is 1.47 bits per heavy atom. The highest BCUT2D eigenvalue weighted by molar-refractivity contribution is 6.31. The number of halogens is 1. The van der Waals surface area contributed by atoms with Gasteiger partial charge in [0.25, 0.3) is 5.91 Å². The van der Waals surface area contributed by atoms with Gasteiger partial charge >= 0.3 is 0 Å². The van der Waals surface area contributed by atoms with Gasteiger partial charge in [-0.2, -0.15) is 0 Å². The summed E-state index contributed by atoms with van der Waals surface area (Å²) in [7, 11) is 0. The van der Waals surface area contributed by atoms with Gasteiger partial charge in [0.2, 0.25) is 0 Å². The number of nitrogens with zero attached hydrogens (tertiary/aromatic N) is 2. The van der Waals surface area contributed by atoms with Crippen LogP contribution in [0.3, 0.4) is 0 Å². The Morgan fingerprint density at radius 3 is 2.79 bits per heavy atom. The van der Waals surface area contributed by atoms with Gasteiger partial charge in [0.05, 0.1) is 11.6 Å². The van der Waals surface area contributed by atoms with Crippen LogP contribution in [0.2, 0.25) is 5.02 Å². The molecule has 0 atom stereocenters. The van der Waals surface area contributed by atoms with E-state index in [4.69, 9.17) is 18.0 Å². The van der Waals surface area contributed by atoms with Crippen molar-refractivity contribution in [3.05, 3.63) is 23.0 Å². The van der Waals surface area contributed by atoms with Crippen LogP contribution in [-0.2, 0) is 0 Å². The first-order valence-corrected chi connectivity index (χ1v) is 7.17. The number of carbonyl (C=O) groups excluding carboxylic acids is 1. The summed E-state index contributed by atoms with van der Waals surface area (Å²) in [5.74, 6) is 3.24. The molecule has 0 spiro atoms. The lowest BCUT2D eigenvalue weighted by Crippen LogP contribution is -2.34. The van der Waals surface area contributed by atoms with E-state index in [1.165, 1.54) is 12.8 Å². The molecule has 0 saturated heterocycles. The molecule has 4 heteroatoms. The van der Waals surface area contributed by atoms with E-state index in [1.54, 1.807) is 11.0 Å². The molecule has 0 radical (unpaired) electrons. The first-order chi connectivity index (χ1) is 9.19. The Labute approximate surface area is 118 Å². The predicted octanol–water partition coefficient (Wildman–Crippen LogP) is 2.96. The second kappa shape index (κ2) is 4.94. The van der Waals surface area contributed by atoms with E-state index in [1.807, 2.05) is 10.8 Å². The van der Waals surface area contributed by atoms with Crippen LogP contribution in [0.15, 0.2) is 12.3 Å². The molecule has 1 aromatic rings. The van der Waals surface area contributed by atoms with E-state index in [0.29, 0.717) is 29.2 Å². The smallest absolute Gasteiger partial charge is 0.271 e. The first-order valence-electron chi connectivity index (χ1n) is 6.79. The minimum Gasteiger partial charge on any atom is -0.339 e. The van der Waals surface area contributed by atoms with Crippen LogP contribution >= 0.6 is 11.6 Å². The van der Waals surface area contributed by atoms with Crippen molar-refractivity contribution in [3.8, 4) is 12.3 Å². The lowest BCUT2D eigenvalue weighted by molar-refractivity contribution is 0.0759. The SMILES string of the molecule is C#CCN(CC1CC1)C(=O)c1cc(Cl)cn1C1CC1. The maximum Gasteiger partial charge on any atom is 0.271 e. The summed E-state index contributed by atoms with van der Waals surface area (Å²) in [4.78, 5) is 14.4. The summed E-state index contributed by atoms with van der Waals surface area (Å²) < 4.78 is 2.01. The molecule has 0 N–H and O–H groups in total. The van der Waals surface area contributed by atoms with Crippen LogP contribution in [0.1, 0.15) is 42.2 Å². The Hall–Kier alpha value is -1.40. The zero-order valence-electron chi connectivity index (χ0n) is 10.8. The Balaban J connectivity index is 1.82. The van der Waals surface area contributed by atoms with Gasteiger partial charge in [-0.05, 0) is 37.7 Å². The van der Waals surface area contributed by atoms with Gasteiger partial charge in [0.15, 0.2) is 0 Å².